The van der Waals surface area contributed by atoms with Crippen LogP contribution in [0.5, 0.6) is 0 Å². The van der Waals surface area contributed by atoms with Crippen LogP contribution in [0.4, 0.5) is 13.2 Å². The first-order chi connectivity index (χ1) is 16.0. The van der Waals surface area contributed by atoms with Crippen molar-refractivity contribution in [3.63, 3.8) is 0 Å². The minimum atomic E-state index is -4.73. The van der Waals surface area contributed by atoms with Crippen molar-refractivity contribution in [1.29, 1.82) is 0 Å². The molecule has 0 radical (unpaired) electrons. The molecule has 10 heteroatoms. The number of aromatic nitrogens is 1. The average molecular weight is 482 g/mol. The molecule has 34 heavy (non-hydrogen) atoms. The molecular formula is C24H29F3N2O5. The molecule has 3 atom stereocenters. The Morgan fingerprint density at radius 3 is 2.50 bits per heavy atom. The van der Waals surface area contributed by atoms with Gasteiger partial charge in [-0.05, 0) is 44.2 Å². The molecule has 2 N–H and O–H groups in total. The summed E-state index contributed by atoms with van der Waals surface area (Å²) < 4.78 is 51.4. The number of ether oxygens (including phenoxy) is 1. The maximum Gasteiger partial charge on any atom is 0.451 e. The van der Waals surface area contributed by atoms with Crippen LogP contribution in [0.2, 0.25) is 0 Å². The van der Waals surface area contributed by atoms with Gasteiger partial charge >= 0.3 is 12.1 Å². The average Bonchev–Trinajstić information content (AvgIpc) is 3.21. The molecule has 1 aromatic carbocycles. The van der Waals surface area contributed by atoms with Gasteiger partial charge in [0.2, 0.25) is 17.6 Å². The van der Waals surface area contributed by atoms with Gasteiger partial charge in [0.15, 0.2) is 0 Å². The Morgan fingerprint density at radius 1 is 1.24 bits per heavy atom. The maximum atomic E-state index is 13.5. The molecule has 3 rings (SSSR count). The van der Waals surface area contributed by atoms with Gasteiger partial charge in [0, 0.05) is 11.5 Å². The van der Waals surface area contributed by atoms with Crippen molar-refractivity contribution in [2.75, 3.05) is 0 Å². The van der Waals surface area contributed by atoms with E-state index < -0.39 is 42.6 Å². The molecule has 0 spiro atoms. The third-order valence-electron chi connectivity index (χ3n) is 5.94. The lowest BCUT2D eigenvalue weighted by Gasteiger charge is -2.29. The molecule has 0 saturated heterocycles. The first-order valence-electron chi connectivity index (χ1n) is 11.2. The summed E-state index contributed by atoms with van der Waals surface area (Å²) in [6.07, 6.45) is -3.10. The number of rotatable bonds is 8. The Bertz CT molecular complexity index is 1000. The third kappa shape index (κ3) is 6.37. The predicted octanol–water partition coefficient (Wildman–Crippen LogP) is 4.97. The van der Waals surface area contributed by atoms with Crippen LogP contribution >= 0.6 is 0 Å². The number of oxazole rings is 1. The van der Waals surface area contributed by atoms with Crippen LogP contribution in [-0.2, 0) is 27.1 Å². The maximum absolute atomic E-state index is 13.5. The molecule has 1 saturated carbocycles. The minimum Gasteiger partial charge on any atom is -0.480 e. The Hall–Kier alpha value is -2.88. The van der Waals surface area contributed by atoms with E-state index in [1.807, 2.05) is 6.92 Å². The van der Waals surface area contributed by atoms with Crippen LogP contribution in [0.15, 0.2) is 28.7 Å². The first kappa shape index (κ1) is 25.7. The molecule has 1 aliphatic carbocycles. The van der Waals surface area contributed by atoms with Crippen LogP contribution in [0, 0.1) is 18.8 Å². The number of benzene rings is 1. The van der Waals surface area contributed by atoms with Crippen molar-refractivity contribution in [3.8, 4) is 11.5 Å². The second-order valence-corrected chi connectivity index (χ2v) is 9.02. The number of hydrogen-bond donors (Lipinski definition) is 2. The van der Waals surface area contributed by atoms with Crippen molar-refractivity contribution >= 4 is 11.9 Å². The fourth-order valence-corrected chi connectivity index (χ4v) is 4.01. The summed E-state index contributed by atoms with van der Waals surface area (Å²) in [7, 11) is 0. The van der Waals surface area contributed by atoms with Crippen molar-refractivity contribution in [3.05, 3.63) is 41.3 Å². The highest BCUT2D eigenvalue weighted by molar-refractivity contribution is 5.85. The van der Waals surface area contributed by atoms with Gasteiger partial charge in [-0.3, -0.25) is 4.79 Å². The van der Waals surface area contributed by atoms with Gasteiger partial charge in [-0.1, -0.05) is 38.0 Å². The van der Waals surface area contributed by atoms with E-state index in [4.69, 9.17) is 9.15 Å². The number of halogens is 3. The topological polar surface area (TPSA) is 102 Å². The fourth-order valence-electron chi connectivity index (χ4n) is 4.01. The van der Waals surface area contributed by atoms with E-state index in [0.29, 0.717) is 31.2 Å². The lowest BCUT2D eigenvalue weighted by atomic mass is 9.86. The van der Waals surface area contributed by atoms with Gasteiger partial charge in [-0.2, -0.15) is 13.2 Å². The number of carbonyl (C=O) groups excluding carboxylic acids is 1. The Balaban J connectivity index is 1.68. The smallest absolute Gasteiger partial charge is 0.451 e. The normalized spacial score (nSPS) is 19.7. The van der Waals surface area contributed by atoms with Gasteiger partial charge in [0.05, 0.1) is 12.7 Å². The number of hydrogen-bond acceptors (Lipinski definition) is 5. The third-order valence-corrected chi connectivity index (χ3v) is 5.94. The zero-order valence-electron chi connectivity index (χ0n) is 19.3. The molecule has 0 aliphatic heterocycles. The van der Waals surface area contributed by atoms with Gasteiger partial charge in [0.25, 0.3) is 0 Å². The van der Waals surface area contributed by atoms with Crippen molar-refractivity contribution in [2.24, 2.45) is 11.8 Å². The van der Waals surface area contributed by atoms with Crippen LogP contribution in [0.3, 0.4) is 0 Å². The second-order valence-electron chi connectivity index (χ2n) is 9.02. The summed E-state index contributed by atoms with van der Waals surface area (Å²) in [4.78, 5) is 28.0. The second kappa shape index (κ2) is 10.6. The van der Waals surface area contributed by atoms with Gasteiger partial charge in [-0.15, -0.1) is 0 Å². The van der Waals surface area contributed by atoms with Crippen LogP contribution in [0.1, 0.15) is 56.5 Å². The minimum absolute atomic E-state index is 0.139. The molecule has 1 fully saturated rings. The number of carbonyl (C=O) groups is 2. The number of carboxylic acids is 1. The lowest BCUT2D eigenvalue weighted by molar-refractivity contribution is -0.154. The van der Waals surface area contributed by atoms with Gasteiger partial charge < -0.3 is 19.6 Å². The van der Waals surface area contributed by atoms with Gasteiger partial charge in [0.1, 0.15) is 11.7 Å². The summed E-state index contributed by atoms with van der Waals surface area (Å²) in [5, 5.41) is 11.9. The zero-order valence-corrected chi connectivity index (χ0v) is 19.3. The molecular weight excluding hydrogens is 453 g/mol. The molecule has 1 aromatic heterocycles. The predicted molar refractivity (Wildman–Crippen MR) is 117 cm³/mol. The summed E-state index contributed by atoms with van der Waals surface area (Å²) in [6.45, 7) is 4.86. The summed E-state index contributed by atoms with van der Waals surface area (Å²) >= 11 is 0. The lowest BCUT2D eigenvalue weighted by Crippen LogP contribution is -2.47. The standard InChI is InChI=1S/C24H29F3N2O5/c1-13(2)19(23(31)32)29-21(30)16-5-4-6-17(11-16)33-12-18-20(24(25,26)27)34-22(28-18)15-9-7-14(3)8-10-15/h7-10,13,16-17,19H,4-6,11-12H2,1-3H3,(H,29,30)(H,31,32)/t16-,17+,19-/m0/s1. The number of amides is 1. The molecule has 1 amide bonds. The fraction of sp³-hybridized carbons (Fsp3) is 0.542. The first-order valence-corrected chi connectivity index (χ1v) is 11.2. The van der Waals surface area contributed by atoms with Crippen molar-refractivity contribution < 1.29 is 37.0 Å². The highest BCUT2D eigenvalue weighted by Gasteiger charge is 2.40. The molecule has 2 aromatic rings. The Labute approximate surface area is 195 Å². The molecule has 186 valence electrons. The van der Waals surface area contributed by atoms with E-state index in [1.165, 1.54) is 0 Å². The summed E-state index contributed by atoms with van der Waals surface area (Å²) in [6, 6.07) is 5.78. The van der Waals surface area contributed by atoms with E-state index in [0.717, 1.165) is 5.56 Å². The SMILES string of the molecule is Cc1ccc(-c2nc(CO[C@@H]3CCC[C@H](C(=O)N[C@H](C(=O)O)C(C)C)C3)c(C(F)(F)F)o2)cc1. The van der Waals surface area contributed by atoms with Crippen molar-refractivity contribution in [1.82, 2.24) is 10.3 Å². The van der Waals surface area contributed by atoms with Crippen LogP contribution in [-0.4, -0.2) is 34.1 Å². The van der Waals surface area contributed by atoms with Crippen LogP contribution < -0.4 is 5.32 Å². The van der Waals surface area contributed by atoms with E-state index in [2.05, 4.69) is 10.3 Å². The Morgan fingerprint density at radius 2 is 1.91 bits per heavy atom. The molecule has 1 heterocycles. The number of carboxylic acid groups (broad SMARTS) is 1. The zero-order chi connectivity index (χ0) is 25.0. The summed E-state index contributed by atoms with van der Waals surface area (Å²) in [5.74, 6) is -3.58. The molecule has 1 aliphatic rings. The largest absolute Gasteiger partial charge is 0.480 e. The number of aliphatic carboxylic acids is 1. The van der Waals surface area contributed by atoms with E-state index in [9.17, 15) is 27.9 Å². The highest BCUT2D eigenvalue weighted by atomic mass is 19.4. The van der Waals surface area contributed by atoms with E-state index >= 15 is 0 Å². The van der Waals surface area contributed by atoms with Gasteiger partial charge in [-0.25, -0.2) is 9.78 Å². The molecule has 7 nitrogen and oxygen atoms in total. The van der Waals surface area contributed by atoms with Crippen LogP contribution in [0.25, 0.3) is 11.5 Å². The number of aryl methyl sites for hydroxylation is 1. The summed E-state index contributed by atoms with van der Waals surface area (Å²) in [5.41, 5.74) is 1.03. The monoisotopic (exact) mass is 482 g/mol. The molecule has 0 unspecified atom stereocenters. The Kier molecular flexibility index (Phi) is 8.01. The quantitative estimate of drug-likeness (QED) is 0.551. The number of alkyl halides is 3. The number of nitrogens with one attached hydrogen (secondary N) is 1. The highest BCUT2D eigenvalue weighted by Crippen LogP contribution is 2.36. The number of nitrogens with zero attached hydrogens (tertiary/aromatic N) is 1. The van der Waals surface area contributed by atoms with E-state index in [-0.39, 0.29) is 23.4 Å². The van der Waals surface area contributed by atoms with Crippen molar-refractivity contribution in [2.45, 2.75) is 71.4 Å². The van der Waals surface area contributed by atoms with E-state index in [1.54, 1.807) is 38.1 Å². The molecule has 0 bridgehead atoms.